The van der Waals surface area contributed by atoms with E-state index in [9.17, 15) is 4.39 Å². The highest BCUT2D eigenvalue weighted by atomic mass is 19.1. The first-order chi connectivity index (χ1) is 9.72. The van der Waals surface area contributed by atoms with Crippen LogP contribution in [0.15, 0.2) is 30.7 Å². The van der Waals surface area contributed by atoms with Gasteiger partial charge in [-0.15, -0.1) is 0 Å². The van der Waals surface area contributed by atoms with Crippen molar-refractivity contribution in [2.24, 2.45) is 0 Å². The van der Waals surface area contributed by atoms with Crippen molar-refractivity contribution in [1.82, 2.24) is 15.0 Å². The second-order valence-corrected chi connectivity index (χ2v) is 4.83. The van der Waals surface area contributed by atoms with Crippen molar-refractivity contribution in [2.45, 2.75) is 19.4 Å². The number of rotatable bonds is 3. The quantitative estimate of drug-likeness (QED) is 0.856. The van der Waals surface area contributed by atoms with Crippen LogP contribution in [-0.4, -0.2) is 34.1 Å². The molecule has 104 valence electrons. The molecule has 1 atom stereocenters. The first-order valence-electron chi connectivity index (χ1n) is 6.53. The summed E-state index contributed by atoms with van der Waals surface area (Å²) in [6, 6.07) is 3.37. The van der Waals surface area contributed by atoms with Gasteiger partial charge in [-0.25, -0.2) is 19.3 Å². The van der Waals surface area contributed by atoms with Crippen LogP contribution in [0.4, 0.5) is 10.2 Å². The Morgan fingerprint density at radius 3 is 2.85 bits per heavy atom. The topological polar surface area (TPSA) is 51.1 Å². The maximum Gasteiger partial charge on any atom is 0.316 e. The van der Waals surface area contributed by atoms with Crippen LogP contribution >= 0.6 is 0 Å². The van der Waals surface area contributed by atoms with Gasteiger partial charge in [-0.05, 0) is 24.6 Å². The van der Waals surface area contributed by atoms with Crippen molar-refractivity contribution in [2.75, 3.05) is 18.0 Å². The van der Waals surface area contributed by atoms with Gasteiger partial charge in [-0.1, -0.05) is 0 Å². The minimum atomic E-state index is -0.306. The molecule has 0 amide bonds. The number of pyridine rings is 1. The Hall–Kier alpha value is -2.24. The summed E-state index contributed by atoms with van der Waals surface area (Å²) in [5.41, 5.74) is 0.987. The minimum absolute atomic E-state index is 0.0425. The Bertz CT molecular complexity index is 590. The highest BCUT2D eigenvalue weighted by Crippen LogP contribution is 2.22. The van der Waals surface area contributed by atoms with Gasteiger partial charge < -0.3 is 9.64 Å². The molecule has 3 heterocycles. The van der Waals surface area contributed by atoms with Crippen LogP contribution in [0.2, 0.25) is 0 Å². The molecule has 1 aliphatic heterocycles. The number of nitrogens with zero attached hydrogens (tertiary/aromatic N) is 4. The van der Waals surface area contributed by atoms with Gasteiger partial charge in [0.2, 0.25) is 0 Å². The first kappa shape index (κ1) is 12.8. The zero-order valence-electron chi connectivity index (χ0n) is 11.2. The first-order valence-corrected chi connectivity index (χ1v) is 6.53. The number of ether oxygens (including phenoxy) is 1. The smallest absolute Gasteiger partial charge is 0.316 e. The third kappa shape index (κ3) is 2.68. The molecule has 1 aliphatic rings. The lowest BCUT2D eigenvalue weighted by Crippen LogP contribution is -2.26. The van der Waals surface area contributed by atoms with E-state index < -0.39 is 0 Å². The van der Waals surface area contributed by atoms with Gasteiger partial charge in [-0.2, -0.15) is 0 Å². The molecule has 0 saturated carbocycles. The molecule has 6 heteroatoms. The van der Waals surface area contributed by atoms with Crippen molar-refractivity contribution in [3.63, 3.8) is 0 Å². The SMILES string of the molecule is Cc1cnc(OC2CCN(c3ncccc3F)C2)nc1. The van der Waals surface area contributed by atoms with E-state index in [4.69, 9.17) is 4.74 Å². The molecule has 2 aromatic rings. The van der Waals surface area contributed by atoms with Gasteiger partial charge in [-0.3, -0.25) is 0 Å². The number of hydrogen-bond donors (Lipinski definition) is 0. The molecular formula is C14H15FN4O. The molecule has 0 radical (unpaired) electrons. The van der Waals surface area contributed by atoms with E-state index in [0.717, 1.165) is 12.0 Å². The molecule has 1 unspecified atom stereocenters. The monoisotopic (exact) mass is 274 g/mol. The molecule has 2 aromatic heterocycles. The van der Waals surface area contributed by atoms with Crippen LogP contribution in [0.5, 0.6) is 6.01 Å². The predicted molar refractivity (Wildman–Crippen MR) is 72.2 cm³/mol. The lowest BCUT2D eigenvalue weighted by Gasteiger charge is -2.17. The highest BCUT2D eigenvalue weighted by Gasteiger charge is 2.27. The van der Waals surface area contributed by atoms with E-state index in [1.54, 1.807) is 24.7 Å². The fraction of sp³-hybridized carbons (Fsp3) is 0.357. The summed E-state index contributed by atoms with van der Waals surface area (Å²) in [6.07, 6.45) is 5.78. The van der Waals surface area contributed by atoms with Crippen LogP contribution in [0.3, 0.4) is 0 Å². The summed E-state index contributed by atoms with van der Waals surface area (Å²) in [7, 11) is 0. The maximum atomic E-state index is 13.7. The number of aryl methyl sites for hydroxylation is 1. The van der Waals surface area contributed by atoms with Gasteiger partial charge in [0, 0.05) is 31.6 Å². The summed E-state index contributed by atoms with van der Waals surface area (Å²) in [5.74, 6) is 0.0724. The van der Waals surface area contributed by atoms with Gasteiger partial charge in [0.15, 0.2) is 11.6 Å². The van der Waals surface area contributed by atoms with Crippen LogP contribution in [-0.2, 0) is 0 Å². The molecule has 20 heavy (non-hydrogen) atoms. The summed E-state index contributed by atoms with van der Waals surface area (Å²) in [4.78, 5) is 14.2. The molecule has 0 spiro atoms. The zero-order chi connectivity index (χ0) is 13.9. The second kappa shape index (κ2) is 5.40. The van der Waals surface area contributed by atoms with E-state index >= 15 is 0 Å². The molecule has 5 nitrogen and oxygen atoms in total. The summed E-state index contributed by atoms with van der Waals surface area (Å²) < 4.78 is 19.4. The van der Waals surface area contributed by atoms with Crippen molar-refractivity contribution >= 4 is 5.82 Å². The summed E-state index contributed by atoms with van der Waals surface area (Å²) >= 11 is 0. The van der Waals surface area contributed by atoms with Crippen molar-refractivity contribution in [3.05, 3.63) is 42.1 Å². The zero-order valence-corrected chi connectivity index (χ0v) is 11.2. The fourth-order valence-corrected chi connectivity index (χ4v) is 2.22. The maximum absolute atomic E-state index is 13.7. The number of anilines is 1. The van der Waals surface area contributed by atoms with E-state index in [0.29, 0.717) is 24.9 Å². The fourth-order valence-electron chi connectivity index (χ4n) is 2.22. The molecule has 1 saturated heterocycles. The summed E-state index contributed by atoms with van der Waals surface area (Å²) in [5, 5.41) is 0. The van der Waals surface area contributed by atoms with Crippen molar-refractivity contribution < 1.29 is 9.13 Å². The van der Waals surface area contributed by atoms with Crippen molar-refractivity contribution in [3.8, 4) is 6.01 Å². The Morgan fingerprint density at radius 2 is 2.10 bits per heavy atom. The minimum Gasteiger partial charge on any atom is -0.458 e. The molecule has 0 aromatic carbocycles. The predicted octanol–water partition coefficient (Wildman–Crippen LogP) is 1.98. The lowest BCUT2D eigenvalue weighted by atomic mass is 10.3. The summed E-state index contributed by atoms with van der Waals surface area (Å²) in [6.45, 7) is 3.22. The van der Waals surface area contributed by atoms with Crippen LogP contribution < -0.4 is 9.64 Å². The van der Waals surface area contributed by atoms with Gasteiger partial charge in [0.1, 0.15) is 6.10 Å². The van der Waals surface area contributed by atoms with Gasteiger partial charge >= 0.3 is 6.01 Å². The normalized spacial score (nSPS) is 18.3. The molecule has 0 N–H and O–H groups in total. The third-order valence-electron chi connectivity index (χ3n) is 3.21. The van der Waals surface area contributed by atoms with Gasteiger partial charge in [0.25, 0.3) is 0 Å². The molecule has 1 fully saturated rings. The van der Waals surface area contributed by atoms with E-state index in [2.05, 4.69) is 15.0 Å². The molecule has 0 aliphatic carbocycles. The molecule has 0 bridgehead atoms. The highest BCUT2D eigenvalue weighted by molar-refractivity contribution is 5.41. The standard InChI is InChI=1S/C14H15FN4O/c1-10-7-17-14(18-8-10)20-11-4-6-19(9-11)13-12(15)3-2-5-16-13/h2-3,5,7-8,11H,4,6,9H2,1H3. The molecule has 3 rings (SSSR count). The average molecular weight is 274 g/mol. The number of hydrogen-bond acceptors (Lipinski definition) is 5. The van der Waals surface area contributed by atoms with Crippen LogP contribution in [0, 0.1) is 12.7 Å². The van der Waals surface area contributed by atoms with Gasteiger partial charge in [0.05, 0.1) is 6.54 Å². The largest absolute Gasteiger partial charge is 0.458 e. The van der Waals surface area contributed by atoms with Crippen LogP contribution in [0.1, 0.15) is 12.0 Å². The Kier molecular flexibility index (Phi) is 3.45. The van der Waals surface area contributed by atoms with E-state index in [1.807, 2.05) is 11.8 Å². The number of aromatic nitrogens is 3. The van der Waals surface area contributed by atoms with Crippen molar-refractivity contribution in [1.29, 1.82) is 0 Å². The third-order valence-corrected chi connectivity index (χ3v) is 3.21. The molecular weight excluding hydrogens is 259 g/mol. The lowest BCUT2D eigenvalue weighted by molar-refractivity contribution is 0.206. The number of halogens is 1. The Morgan fingerprint density at radius 1 is 1.30 bits per heavy atom. The van der Waals surface area contributed by atoms with E-state index in [-0.39, 0.29) is 11.9 Å². The van der Waals surface area contributed by atoms with E-state index in [1.165, 1.54) is 6.07 Å². The van der Waals surface area contributed by atoms with Crippen LogP contribution in [0.25, 0.3) is 0 Å². The Balaban J connectivity index is 1.65. The average Bonchev–Trinajstić information content (AvgIpc) is 2.90. The Labute approximate surface area is 116 Å². The second-order valence-electron chi connectivity index (χ2n) is 4.83.